The molecule has 0 radical (unpaired) electrons. The van der Waals surface area contributed by atoms with Gasteiger partial charge in [-0.2, -0.15) is 0 Å². The van der Waals surface area contributed by atoms with Crippen LogP contribution in [0.3, 0.4) is 0 Å². The van der Waals surface area contributed by atoms with Crippen molar-refractivity contribution >= 4 is 0 Å². The monoisotopic (exact) mass is 466 g/mol. The Morgan fingerprint density at radius 1 is 0.686 bits per heavy atom. The van der Waals surface area contributed by atoms with Gasteiger partial charge in [-0.1, -0.05) is 61.1 Å². The van der Waals surface area contributed by atoms with Gasteiger partial charge in [-0.05, 0) is 105 Å². The predicted molar refractivity (Wildman–Crippen MR) is 140 cm³/mol. The molecule has 0 amide bonds. The average Bonchev–Trinajstić information content (AvgIpc) is 2.82. The van der Waals surface area contributed by atoms with Gasteiger partial charge in [-0.15, -0.1) is 0 Å². The quantitative estimate of drug-likeness (QED) is 0.335. The minimum atomic E-state index is -0.696. The molecule has 1 saturated carbocycles. The third kappa shape index (κ3) is 6.41. The second-order valence-corrected chi connectivity index (χ2v) is 10.1. The molecular weight excluding hydrogens is 434 g/mol. The standard InChI is InChI=1S/C33H32F2/c1-22-5-9-26(10-6-22)15-16-30-32(34)20-29(21-33(30)35)14-13-28-17-24(3)31(25(4)18-28)19-27-11-7-23(2)8-12-27/h5-6,9-10,17-18,20-21,23,27H,7-8,11-12,19H2,1-4H3. The Balaban J connectivity index is 1.51. The molecule has 0 atom stereocenters. The van der Waals surface area contributed by atoms with Crippen molar-refractivity contribution in [3.63, 3.8) is 0 Å². The van der Waals surface area contributed by atoms with Crippen molar-refractivity contribution in [2.45, 2.75) is 59.8 Å². The van der Waals surface area contributed by atoms with E-state index in [1.165, 1.54) is 54.5 Å². The van der Waals surface area contributed by atoms with Crippen molar-refractivity contribution in [2.24, 2.45) is 11.8 Å². The molecule has 0 aliphatic heterocycles. The van der Waals surface area contributed by atoms with Crippen LogP contribution in [0.4, 0.5) is 8.78 Å². The van der Waals surface area contributed by atoms with E-state index in [2.05, 4.69) is 56.6 Å². The zero-order valence-corrected chi connectivity index (χ0v) is 21.1. The summed E-state index contributed by atoms with van der Waals surface area (Å²) in [5.41, 5.74) is 6.66. The minimum Gasteiger partial charge on any atom is -0.205 e. The molecule has 0 spiro atoms. The molecule has 3 aromatic rings. The third-order valence-electron chi connectivity index (χ3n) is 7.10. The Morgan fingerprint density at radius 3 is 1.77 bits per heavy atom. The minimum absolute atomic E-state index is 0.232. The van der Waals surface area contributed by atoms with E-state index in [1.807, 2.05) is 31.2 Å². The number of hydrogen-bond donors (Lipinski definition) is 0. The fourth-order valence-electron chi connectivity index (χ4n) is 4.89. The topological polar surface area (TPSA) is 0 Å². The molecule has 0 aromatic heterocycles. The number of rotatable bonds is 2. The smallest absolute Gasteiger partial charge is 0.143 e. The molecule has 1 aliphatic rings. The molecule has 1 fully saturated rings. The molecule has 0 bridgehead atoms. The molecule has 1 aliphatic carbocycles. The van der Waals surface area contributed by atoms with Gasteiger partial charge in [-0.3, -0.25) is 0 Å². The highest BCUT2D eigenvalue weighted by Gasteiger charge is 2.20. The molecule has 0 heterocycles. The largest absolute Gasteiger partial charge is 0.205 e. The van der Waals surface area contributed by atoms with Gasteiger partial charge < -0.3 is 0 Å². The summed E-state index contributed by atoms with van der Waals surface area (Å²) in [6, 6.07) is 14.2. The van der Waals surface area contributed by atoms with E-state index >= 15 is 0 Å². The second kappa shape index (κ2) is 10.9. The maximum Gasteiger partial charge on any atom is 0.143 e. The Hall–Kier alpha value is -3.36. The normalized spacial score (nSPS) is 17.2. The molecule has 178 valence electrons. The van der Waals surface area contributed by atoms with Gasteiger partial charge in [0.05, 0.1) is 5.56 Å². The van der Waals surface area contributed by atoms with Crippen LogP contribution >= 0.6 is 0 Å². The molecule has 35 heavy (non-hydrogen) atoms. The molecule has 0 nitrogen and oxygen atoms in total. The van der Waals surface area contributed by atoms with Gasteiger partial charge in [0.2, 0.25) is 0 Å². The second-order valence-electron chi connectivity index (χ2n) is 10.1. The van der Waals surface area contributed by atoms with Crippen LogP contribution in [0.1, 0.15) is 77.1 Å². The highest BCUT2D eigenvalue weighted by atomic mass is 19.1. The van der Waals surface area contributed by atoms with Crippen LogP contribution in [0, 0.1) is 67.9 Å². The summed E-state index contributed by atoms with van der Waals surface area (Å²) in [6.07, 6.45) is 6.40. The summed E-state index contributed by atoms with van der Waals surface area (Å²) < 4.78 is 29.2. The molecular formula is C33H32F2. The van der Waals surface area contributed by atoms with Crippen LogP contribution < -0.4 is 0 Å². The van der Waals surface area contributed by atoms with E-state index in [4.69, 9.17) is 0 Å². The molecule has 0 unspecified atom stereocenters. The predicted octanol–water partition coefficient (Wildman–Crippen LogP) is 8.06. The summed E-state index contributed by atoms with van der Waals surface area (Å²) in [5.74, 6) is 11.7. The van der Waals surface area contributed by atoms with Crippen molar-refractivity contribution in [2.75, 3.05) is 0 Å². The van der Waals surface area contributed by atoms with Gasteiger partial charge in [0.15, 0.2) is 0 Å². The first kappa shape index (κ1) is 24.8. The fourth-order valence-corrected chi connectivity index (χ4v) is 4.89. The first-order valence-corrected chi connectivity index (χ1v) is 12.5. The molecule has 4 rings (SSSR count). The number of benzene rings is 3. The van der Waals surface area contributed by atoms with E-state index in [1.54, 1.807) is 0 Å². The molecule has 0 saturated heterocycles. The Morgan fingerprint density at radius 2 is 1.20 bits per heavy atom. The van der Waals surface area contributed by atoms with Crippen LogP contribution in [0.25, 0.3) is 0 Å². The van der Waals surface area contributed by atoms with E-state index in [-0.39, 0.29) is 5.56 Å². The third-order valence-corrected chi connectivity index (χ3v) is 7.10. The number of hydrogen-bond acceptors (Lipinski definition) is 0. The molecule has 3 aromatic carbocycles. The lowest BCUT2D eigenvalue weighted by atomic mass is 9.79. The number of aryl methyl sites for hydroxylation is 3. The number of halogens is 2. The van der Waals surface area contributed by atoms with Crippen molar-refractivity contribution in [3.05, 3.63) is 105 Å². The summed E-state index contributed by atoms with van der Waals surface area (Å²) in [6.45, 7) is 8.61. The van der Waals surface area contributed by atoms with Gasteiger partial charge in [-0.25, -0.2) is 8.78 Å². The molecule has 2 heteroatoms. The van der Waals surface area contributed by atoms with Crippen molar-refractivity contribution in [3.8, 4) is 23.7 Å². The lowest BCUT2D eigenvalue weighted by Crippen LogP contribution is -2.15. The molecule has 0 N–H and O–H groups in total. The van der Waals surface area contributed by atoms with Crippen LogP contribution in [0.5, 0.6) is 0 Å². The zero-order chi connectivity index (χ0) is 24.9. The lowest BCUT2D eigenvalue weighted by Gasteiger charge is -2.27. The summed E-state index contributed by atoms with van der Waals surface area (Å²) in [7, 11) is 0. The SMILES string of the molecule is Cc1ccc(C#Cc2c(F)cc(C#Cc3cc(C)c(CC4CCC(C)CC4)c(C)c3)cc2F)cc1. The van der Waals surface area contributed by atoms with Crippen molar-refractivity contribution < 1.29 is 8.78 Å². The Kier molecular flexibility index (Phi) is 7.73. The summed E-state index contributed by atoms with van der Waals surface area (Å²) >= 11 is 0. The van der Waals surface area contributed by atoms with Gasteiger partial charge >= 0.3 is 0 Å². The van der Waals surface area contributed by atoms with Crippen LogP contribution in [-0.4, -0.2) is 0 Å². The summed E-state index contributed by atoms with van der Waals surface area (Å²) in [4.78, 5) is 0. The van der Waals surface area contributed by atoms with Crippen molar-refractivity contribution in [1.29, 1.82) is 0 Å². The van der Waals surface area contributed by atoms with Crippen LogP contribution in [0.2, 0.25) is 0 Å². The van der Waals surface area contributed by atoms with Crippen LogP contribution in [-0.2, 0) is 6.42 Å². The first-order chi connectivity index (χ1) is 16.8. The highest BCUT2D eigenvalue weighted by molar-refractivity contribution is 5.51. The van der Waals surface area contributed by atoms with E-state index in [0.717, 1.165) is 29.4 Å². The Bertz CT molecular complexity index is 1290. The first-order valence-electron chi connectivity index (χ1n) is 12.5. The maximum absolute atomic E-state index is 14.6. The summed E-state index contributed by atoms with van der Waals surface area (Å²) in [5, 5.41) is 0. The van der Waals surface area contributed by atoms with E-state index in [9.17, 15) is 8.78 Å². The lowest BCUT2D eigenvalue weighted by molar-refractivity contribution is 0.288. The fraction of sp³-hybridized carbons (Fsp3) is 0.333. The van der Waals surface area contributed by atoms with E-state index in [0.29, 0.717) is 11.1 Å². The van der Waals surface area contributed by atoms with Gasteiger partial charge in [0.1, 0.15) is 11.6 Å². The van der Waals surface area contributed by atoms with Crippen LogP contribution in [0.15, 0.2) is 48.5 Å². The van der Waals surface area contributed by atoms with Gasteiger partial charge in [0, 0.05) is 16.7 Å². The Labute approximate surface area is 208 Å². The highest BCUT2D eigenvalue weighted by Crippen LogP contribution is 2.32. The van der Waals surface area contributed by atoms with E-state index < -0.39 is 11.6 Å². The van der Waals surface area contributed by atoms with Gasteiger partial charge in [0.25, 0.3) is 0 Å². The average molecular weight is 467 g/mol. The van der Waals surface area contributed by atoms with Crippen molar-refractivity contribution in [1.82, 2.24) is 0 Å². The maximum atomic E-state index is 14.6. The zero-order valence-electron chi connectivity index (χ0n) is 21.1.